The van der Waals surface area contributed by atoms with Crippen molar-refractivity contribution in [3.8, 4) is 0 Å². The van der Waals surface area contributed by atoms with E-state index >= 15 is 0 Å². The SMILES string of the molecule is CCOCCOC1CC[C@@H](CC(C)[C@@H]2CC(=O)[C@H](C)/C=C(\C)[C@@H](O)C(OC)C(=O)C(C)CC(C)/C=C/C=C/C=C(\C)[C@@H](OC)C[C@@H]3CC[C@@H](C)[C@@](O)(O3)C(=O)C(=O)N3CCCCC3C(=O)O2)C[C@H]1OC. The number of aliphatic hydroxyl groups is 2. The summed E-state index contributed by atoms with van der Waals surface area (Å²) in [6.07, 6.45) is 12.4. The van der Waals surface area contributed by atoms with Gasteiger partial charge in [-0.15, -0.1) is 0 Å². The Hall–Kier alpha value is -3.41. The van der Waals surface area contributed by atoms with Gasteiger partial charge in [-0.3, -0.25) is 19.2 Å². The summed E-state index contributed by atoms with van der Waals surface area (Å²) in [7, 11) is 4.64. The molecular formula is C55H87NO14. The Morgan fingerprint density at radius 3 is 2.27 bits per heavy atom. The van der Waals surface area contributed by atoms with E-state index in [-0.39, 0.29) is 60.9 Å². The summed E-state index contributed by atoms with van der Waals surface area (Å²) in [4.78, 5) is 72.4. The number of ketones is 3. The van der Waals surface area contributed by atoms with Gasteiger partial charge in [0, 0.05) is 65.1 Å². The number of aliphatic hydroxyl groups excluding tert-OH is 1. The van der Waals surface area contributed by atoms with Crippen molar-refractivity contribution >= 4 is 29.2 Å². The van der Waals surface area contributed by atoms with E-state index in [1.807, 2.05) is 65.0 Å². The maximum atomic E-state index is 14.5. The van der Waals surface area contributed by atoms with Crippen molar-refractivity contribution in [3.63, 3.8) is 0 Å². The lowest BCUT2D eigenvalue weighted by molar-refractivity contribution is -0.265. The highest BCUT2D eigenvalue weighted by atomic mass is 16.6. The fourth-order valence-corrected chi connectivity index (χ4v) is 10.7. The quantitative estimate of drug-likeness (QED) is 0.0911. The largest absolute Gasteiger partial charge is 0.460 e. The zero-order chi connectivity index (χ0) is 51.7. The molecule has 2 N–H and O–H groups in total. The van der Waals surface area contributed by atoms with E-state index < -0.39 is 77.8 Å². The molecule has 3 fully saturated rings. The second kappa shape index (κ2) is 28.7. The number of rotatable bonds is 11. The molecular weight excluding hydrogens is 899 g/mol. The summed E-state index contributed by atoms with van der Waals surface area (Å²) in [5.74, 6) is -7.83. The standard InChI is InChI=1S/C55H87NO14/c1-12-67-26-27-68-45-24-22-41(31-48(45)65-10)30-37(5)47-33-44(57)36(4)29-39(7)50(59)51(66-11)49(58)38(6)28-34(2)18-14-13-15-19-35(3)46(64-9)32-42-23-21-40(8)55(63,70-42)52(60)53(61)56-25-17-16-20-43(56)54(62)69-47/h13-15,18-19,29,34,36-38,40-43,45-48,50-51,59,63H,12,16-17,20-28,30-33H2,1-11H3/b15-13+,18-14+,35-19+,39-29+/t34?,36-,37?,38?,40-,41+,42+,43?,45?,46+,47+,48-,50-,51?,55-/m1/s1. The first kappa shape index (κ1) is 59.2. The van der Waals surface area contributed by atoms with Crippen molar-refractivity contribution in [1.29, 1.82) is 0 Å². The third-order valence-electron chi connectivity index (χ3n) is 15.2. The summed E-state index contributed by atoms with van der Waals surface area (Å²) in [6, 6.07) is -1.14. The third kappa shape index (κ3) is 16.3. The lowest BCUT2D eigenvalue weighted by Crippen LogP contribution is -2.61. The maximum absolute atomic E-state index is 14.5. The molecule has 0 aromatic rings. The summed E-state index contributed by atoms with van der Waals surface area (Å²) in [5, 5.41) is 23.5. The normalized spacial score (nSPS) is 38.4. The molecule has 0 radical (unpaired) electrons. The first-order chi connectivity index (χ1) is 33.3. The summed E-state index contributed by atoms with van der Waals surface area (Å²) in [6.45, 7) is 16.4. The molecule has 3 heterocycles. The average Bonchev–Trinajstić information content (AvgIpc) is 3.34. The summed E-state index contributed by atoms with van der Waals surface area (Å²) in [5.41, 5.74) is 1.28. The van der Waals surface area contributed by atoms with Gasteiger partial charge < -0.3 is 48.3 Å². The number of allylic oxidation sites excluding steroid dienone is 6. The molecule has 15 nitrogen and oxygen atoms in total. The number of amides is 1. The molecule has 396 valence electrons. The second-order valence-corrected chi connectivity index (χ2v) is 20.6. The Balaban J connectivity index is 1.68. The smallest absolute Gasteiger partial charge is 0.329 e. The number of methoxy groups -OCH3 is 3. The number of carbonyl (C=O) groups excluding carboxylic acids is 5. The minimum Gasteiger partial charge on any atom is -0.460 e. The molecule has 0 aromatic heterocycles. The molecule has 1 aliphatic carbocycles. The number of Topliss-reactive ketones (excluding diaryl/α,β-unsaturated/α-hetero) is 3. The van der Waals surface area contributed by atoms with Gasteiger partial charge in [0.1, 0.15) is 30.1 Å². The molecule has 3 aliphatic heterocycles. The van der Waals surface area contributed by atoms with Crippen LogP contribution in [0.25, 0.3) is 0 Å². The molecule has 2 saturated heterocycles. The van der Waals surface area contributed by atoms with Crippen molar-refractivity contribution in [1.82, 2.24) is 4.90 Å². The average molecular weight is 986 g/mol. The predicted octanol–water partition coefficient (Wildman–Crippen LogP) is 7.24. The topological polar surface area (TPSA) is 194 Å². The lowest BCUT2D eigenvalue weighted by Gasteiger charge is -2.42. The summed E-state index contributed by atoms with van der Waals surface area (Å²) >= 11 is 0. The predicted molar refractivity (Wildman–Crippen MR) is 265 cm³/mol. The van der Waals surface area contributed by atoms with E-state index in [1.165, 1.54) is 12.0 Å². The van der Waals surface area contributed by atoms with Crippen LogP contribution in [0, 0.1) is 35.5 Å². The number of esters is 1. The highest BCUT2D eigenvalue weighted by Gasteiger charge is 2.53. The van der Waals surface area contributed by atoms with E-state index in [0.29, 0.717) is 76.8 Å². The number of carbonyl (C=O) groups is 5. The number of hydrogen-bond donors (Lipinski definition) is 2. The first-order valence-electron chi connectivity index (χ1n) is 26.0. The molecule has 0 aromatic carbocycles. The number of hydrogen-bond acceptors (Lipinski definition) is 14. The Morgan fingerprint density at radius 2 is 1.59 bits per heavy atom. The fraction of sp³-hybridized carbons (Fsp3) is 0.764. The van der Waals surface area contributed by atoms with Crippen molar-refractivity contribution in [3.05, 3.63) is 47.6 Å². The van der Waals surface area contributed by atoms with Gasteiger partial charge in [0.15, 0.2) is 5.78 Å². The van der Waals surface area contributed by atoms with Crippen molar-refractivity contribution in [2.24, 2.45) is 35.5 Å². The van der Waals surface area contributed by atoms with Crippen LogP contribution in [-0.2, 0) is 57.1 Å². The second-order valence-electron chi connectivity index (χ2n) is 20.6. The van der Waals surface area contributed by atoms with Crippen molar-refractivity contribution in [2.75, 3.05) is 47.7 Å². The number of piperidine rings is 1. The molecule has 70 heavy (non-hydrogen) atoms. The van der Waals surface area contributed by atoms with Crippen LogP contribution in [0.3, 0.4) is 0 Å². The van der Waals surface area contributed by atoms with Gasteiger partial charge in [0.25, 0.3) is 11.7 Å². The van der Waals surface area contributed by atoms with Gasteiger partial charge >= 0.3 is 5.97 Å². The van der Waals surface area contributed by atoms with Gasteiger partial charge in [-0.05, 0) is 114 Å². The minimum atomic E-state index is -2.43. The van der Waals surface area contributed by atoms with Crippen molar-refractivity contribution in [2.45, 2.75) is 187 Å². The highest BCUT2D eigenvalue weighted by Crippen LogP contribution is 2.38. The number of cyclic esters (lactones) is 1. The van der Waals surface area contributed by atoms with Crippen molar-refractivity contribution < 1.29 is 67.3 Å². The first-order valence-corrected chi connectivity index (χ1v) is 26.0. The number of nitrogens with zero attached hydrogens (tertiary/aromatic N) is 1. The van der Waals surface area contributed by atoms with Gasteiger partial charge in [-0.1, -0.05) is 71.1 Å². The van der Waals surface area contributed by atoms with Gasteiger partial charge in [0.2, 0.25) is 5.79 Å². The third-order valence-corrected chi connectivity index (χ3v) is 15.2. The van der Waals surface area contributed by atoms with E-state index in [9.17, 15) is 34.2 Å². The maximum Gasteiger partial charge on any atom is 0.329 e. The van der Waals surface area contributed by atoms with E-state index in [2.05, 4.69) is 0 Å². The molecule has 0 spiro atoms. The van der Waals surface area contributed by atoms with E-state index in [0.717, 1.165) is 18.4 Å². The lowest BCUT2D eigenvalue weighted by atomic mass is 9.78. The Morgan fingerprint density at radius 1 is 0.843 bits per heavy atom. The van der Waals surface area contributed by atoms with Crippen LogP contribution in [0.4, 0.5) is 0 Å². The van der Waals surface area contributed by atoms with Crippen LogP contribution >= 0.6 is 0 Å². The highest BCUT2D eigenvalue weighted by molar-refractivity contribution is 6.39. The van der Waals surface area contributed by atoms with E-state index in [1.54, 1.807) is 41.1 Å². The molecule has 15 heteroatoms. The monoisotopic (exact) mass is 986 g/mol. The number of fused-ring (bicyclic) bond motifs is 3. The van der Waals surface area contributed by atoms with Gasteiger partial charge in [-0.25, -0.2) is 4.79 Å². The zero-order valence-corrected chi connectivity index (χ0v) is 44.1. The molecule has 6 unspecified atom stereocenters. The fourth-order valence-electron chi connectivity index (χ4n) is 10.7. The van der Waals surface area contributed by atoms with Crippen LogP contribution in [-0.4, -0.2) is 147 Å². The number of ether oxygens (including phenoxy) is 7. The van der Waals surface area contributed by atoms with Crippen LogP contribution in [0.5, 0.6) is 0 Å². The molecule has 2 bridgehead atoms. The Labute approximate surface area is 418 Å². The molecule has 4 rings (SSSR count). The van der Waals surface area contributed by atoms with Crippen LogP contribution in [0.2, 0.25) is 0 Å². The van der Waals surface area contributed by atoms with Crippen LogP contribution < -0.4 is 0 Å². The van der Waals surface area contributed by atoms with E-state index in [4.69, 9.17) is 33.2 Å². The molecule has 1 saturated carbocycles. The van der Waals surface area contributed by atoms with Gasteiger partial charge in [-0.2, -0.15) is 0 Å². The van der Waals surface area contributed by atoms with Gasteiger partial charge in [0.05, 0.1) is 37.6 Å². The Bertz CT molecular complexity index is 1840. The minimum absolute atomic E-state index is 0.0195. The Kier molecular flexibility index (Phi) is 24.3. The molecule has 1 amide bonds. The van der Waals surface area contributed by atoms with Crippen LogP contribution in [0.1, 0.15) is 132 Å². The van der Waals surface area contributed by atoms with Crippen LogP contribution in [0.15, 0.2) is 47.6 Å². The molecule has 4 aliphatic rings. The summed E-state index contributed by atoms with van der Waals surface area (Å²) < 4.78 is 41.5. The molecule has 15 atom stereocenters. The zero-order valence-electron chi connectivity index (χ0n) is 44.1.